The predicted octanol–water partition coefficient (Wildman–Crippen LogP) is 0.650. The maximum absolute atomic E-state index is 11.6. The Hall–Kier alpha value is -1.58. The number of hydrogen-bond acceptors (Lipinski definition) is 2. The van der Waals surface area contributed by atoms with E-state index in [0.717, 1.165) is 16.9 Å². The Morgan fingerprint density at radius 1 is 1.31 bits per heavy atom. The maximum Gasteiger partial charge on any atom is 0.349 e. The first-order valence-electron chi connectivity index (χ1n) is 4.12. The highest BCUT2D eigenvalue weighted by atomic mass is 16.1. The Bertz CT molecular complexity index is 521. The molecular weight excluding hydrogens is 166 g/mol. The number of rotatable bonds is 0. The molecule has 0 bridgehead atoms. The Balaban J connectivity index is 3.01. The van der Waals surface area contributed by atoms with Crippen LogP contribution in [-0.4, -0.2) is 14.2 Å². The summed E-state index contributed by atoms with van der Waals surface area (Å²) in [6.07, 6.45) is 0. The number of aromatic nitrogens is 3. The van der Waals surface area contributed by atoms with Gasteiger partial charge in [0, 0.05) is 12.7 Å². The molecule has 0 N–H and O–H groups in total. The fourth-order valence-corrected chi connectivity index (χ4v) is 1.38. The van der Waals surface area contributed by atoms with Gasteiger partial charge in [-0.05, 0) is 26.0 Å². The van der Waals surface area contributed by atoms with Crippen LogP contribution < -0.4 is 5.69 Å². The predicted molar refractivity (Wildman–Crippen MR) is 49.9 cm³/mol. The fourth-order valence-electron chi connectivity index (χ4n) is 1.38. The lowest BCUT2D eigenvalue weighted by Gasteiger charge is -2.02. The molecule has 2 heterocycles. The zero-order valence-electron chi connectivity index (χ0n) is 7.90. The molecule has 0 fully saturated rings. The van der Waals surface area contributed by atoms with Crippen molar-refractivity contribution in [3.63, 3.8) is 0 Å². The van der Waals surface area contributed by atoms with Crippen LogP contribution in [-0.2, 0) is 7.05 Å². The van der Waals surface area contributed by atoms with Crippen LogP contribution in [0.5, 0.6) is 0 Å². The monoisotopic (exact) mass is 177 g/mol. The van der Waals surface area contributed by atoms with E-state index in [2.05, 4.69) is 5.10 Å². The summed E-state index contributed by atoms with van der Waals surface area (Å²) in [5.74, 6) is 0. The van der Waals surface area contributed by atoms with Crippen LogP contribution in [0.3, 0.4) is 0 Å². The summed E-state index contributed by atoms with van der Waals surface area (Å²) >= 11 is 0. The van der Waals surface area contributed by atoms with Crippen LogP contribution in [0.25, 0.3) is 5.52 Å². The lowest BCUT2D eigenvalue weighted by molar-refractivity contribution is 0.717. The molecule has 2 rings (SSSR count). The summed E-state index contributed by atoms with van der Waals surface area (Å²) in [6.45, 7) is 3.78. The first-order valence-corrected chi connectivity index (χ1v) is 4.12. The molecule has 0 aliphatic heterocycles. The molecule has 0 amide bonds. The van der Waals surface area contributed by atoms with Gasteiger partial charge >= 0.3 is 5.69 Å². The standard InChI is InChI=1S/C9H11N3O/c1-6-4-8-5-7(2)11(3)9(13)12(8)10-6/h4-5H,1-3H3. The van der Waals surface area contributed by atoms with E-state index in [9.17, 15) is 4.79 Å². The van der Waals surface area contributed by atoms with Crippen LogP contribution in [0.2, 0.25) is 0 Å². The van der Waals surface area contributed by atoms with E-state index in [1.165, 1.54) is 4.52 Å². The second-order valence-electron chi connectivity index (χ2n) is 3.25. The molecule has 13 heavy (non-hydrogen) atoms. The largest absolute Gasteiger partial charge is 0.349 e. The minimum absolute atomic E-state index is 0.0944. The Morgan fingerprint density at radius 3 is 2.69 bits per heavy atom. The lowest BCUT2D eigenvalue weighted by Crippen LogP contribution is -2.26. The molecule has 4 heteroatoms. The molecule has 0 aliphatic carbocycles. The average molecular weight is 177 g/mol. The van der Waals surface area contributed by atoms with Gasteiger partial charge in [-0.3, -0.25) is 4.57 Å². The summed E-state index contributed by atoms with van der Waals surface area (Å²) < 4.78 is 3.00. The topological polar surface area (TPSA) is 39.3 Å². The van der Waals surface area contributed by atoms with Gasteiger partial charge in [0.15, 0.2) is 0 Å². The van der Waals surface area contributed by atoms with Crippen molar-refractivity contribution in [2.24, 2.45) is 7.05 Å². The van der Waals surface area contributed by atoms with E-state index in [0.29, 0.717) is 0 Å². The van der Waals surface area contributed by atoms with Crippen molar-refractivity contribution in [2.45, 2.75) is 13.8 Å². The maximum atomic E-state index is 11.6. The average Bonchev–Trinajstić information content (AvgIpc) is 2.42. The molecule has 0 unspecified atom stereocenters. The summed E-state index contributed by atoms with van der Waals surface area (Å²) in [7, 11) is 1.74. The number of aryl methyl sites for hydroxylation is 2. The van der Waals surface area contributed by atoms with E-state index >= 15 is 0 Å². The van der Waals surface area contributed by atoms with Gasteiger partial charge in [-0.2, -0.15) is 9.61 Å². The third-order valence-corrected chi connectivity index (χ3v) is 2.21. The molecule has 0 saturated carbocycles. The molecule has 0 radical (unpaired) electrons. The molecule has 2 aromatic rings. The van der Waals surface area contributed by atoms with Crippen molar-refractivity contribution in [1.82, 2.24) is 14.2 Å². The Morgan fingerprint density at radius 2 is 2.00 bits per heavy atom. The second-order valence-corrected chi connectivity index (χ2v) is 3.25. The minimum Gasteiger partial charge on any atom is -0.300 e. The van der Waals surface area contributed by atoms with Crippen LogP contribution >= 0.6 is 0 Å². The number of fused-ring (bicyclic) bond motifs is 1. The zero-order chi connectivity index (χ0) is 9.59. The van der Waals surface area contributed by atoms with Gasteiger partial charge in [-0.25, -0.2) is 4.79 Å². The van der Waals surface area contributed by atoms with Crippen LogP contribution in [0.15, 0.2) is 16.9 Å². The number of nitrogens with zero attached hydrogens (tertiary/aromatic N) is 3. The van der Waals surface area contributed by atoms with E-state index in [-0.39, 0.29) is 5.69 Å². The summed E-state index contributed by atoms with van der Waals surface area (Å²) in [4.78, 5) is 11.6. The van der Waals surface area contributed by atoms with Crippen molar-refractivity contribution in [2.75, 3.05) is 0 Å². The van der Waals surface area contributed by atoms with E-state index in [4.69, 9.17) is 0 Å². The van der Waals surface area contributed by atoms with E-state index in [1.54, 1.807) is 11.6 Å². The number of hydrogen-bond donors (Lipinski definition) is 0. The van der Waals surface area contributed by atoms with Crippen molar-refractivity contribution in [1.29, 1.82) is 0 Å². The first kappa shape index (κ1) is 8.04. The van der Waals surface area contributed by atoms with Crippen molar-refractivity contribution >= 4 is 5.52 Å². The third kappa shape index (κ3) is 1.06. The zero-order valence-corrected chi connectivity index (χ0v) is 7.90. The highest BCUT2D eigenvalue weighted by Crippen LogP contribution is 2.04. The van der Waals surface area contributed by atoms with Crippen molar-refractivity contribution in [3.05, 3.63) is 34.0 Å². The summed E-state index contributed by atoms with van der Waals surface area (Å²) in [5, 5.41) is 4.10. The Labute approximate surface area is 75.4 Å². The van der Waals surface area contributed by atoms with Gasteiger partial charge in [0.1, 0.15) is 0 Å². The SMILES string of the molecule is Cc1cc2cc(C)n(C)c(=O)n2n1. The van der Waals surface area contributed by atoms with Crippen LogP contribution in [0, 0.1) is 13.8 Å². The molecule has 0 aliphatic rings. The highest BCUT2D eigenvalue weighted by molar-refractivity contribution is 5.47. The van der Waals surface area contributed by atoms with Crippen LogP contribution in [0.4, 0.5) is 0 Å². The molecule has 0 atom stereocenters. The second kappa shape index (κ2) is 2.45. The van der Waals surface area contributed by atoms with Crippen LogP contribution in [0.1, 0.15) is 11.4 Å². The summed E-state index contributed by atoms with van der Waals surface area (Å²) in [5.41, 5.74) is 2.57. The molecule has 0 saturated heterocycles. The van der Waals surface area contributed by atoms with Crippen molar-refractivity contribution < 1.29 is 0 Å². The molecule has 0 spiro atoms. The quantitative estimate of drug-likeness (QED) is 0.592. The molecule has 2 aromatic heterocycles. The molecule has 4 nitrogen and oxygen atoms in total. The van der Waals surface area contributed by atoms with Gasteiger partial charge in [0.05, 0.1) is 11.2 Å². The Kier molecular flexibility index (Phi) is 1.52. The van der Waals surface area contributed by atoms with Gasteiger partial charge in [0.2, 0.25) is 0 Å². The minimum atomic E-state index is -0.0944. The van der Waals surface area contributed by atoms with Crippen molar-refractivity contribution in [3.8, 4) is 0 Å². The third-order valence-electron chi connectivity index (χ3n) is 2.21. The van der Waals surface area contributed by atoms with Gasteiger partial charge < -0.3 is 0 Å². The molecule has 68 valence electrons. The smallest absolute Gasteiger partial charge is 0.300 e. The summed E-state index contributed by atoms with van der Waals surface area (Å²) in [6, 6.07) is 3.84. The van der Waals surface area contributed by atoms with E-state index < -0.39 is 0 Å². The molecular formula is C9H11N3O. The molecule has 0 aromatic carbocycles. The van der Waals surface area contributed by atoms with E-state index in [1.807, 2.05) is 26.0 Å². The highest BCUT2D eigenvalue weighted by Gasteiger charge is 2.04. The normalized spacial score (nSPS) is 11.0. The van der Waals surface area contributed by atoms with Gasteiger partial charge in [-0.15, -0.1) is 0 Å². The lowest BCUT2D eigenvalue weighted by atomic mass is 10.3. The fraction of sp³-hybridized carbons (Fsp3) is 0.333. The first-order chi connectivity index (χ1) is 6.09. The van der Waals surface area contributed by atoms with Gasteiger partial charge in [-0.1, -0.05) is 0 Å². The van der Waals surface area contributed by atoms with Gasteiger partial charge in [0.25, 0.3) is 0 Å².